The first kappa shape index (κ1) is 11.8. The number of hydrogen-bond acceptors (Lipinski definition) is 4. The van der Waals surface area contributed by atoms with Gasteiger partial charge in [-0.05, 0) is 18.2 Å². The van der Waals surface area contributed by atoms with E-state index in [1.807, 2.05) is 6.07 Å². The molecular formula is C12H14FN3O. The molecule has 90 valence electrons. The first-order valence-corrected chi connectivity index (χ1v) is 5.55. The maximum Gasteiger partial charge on any atom is 0.147 e. The third-order valence-corrected chi connectivity index (χ3v) is 2.62. The van der Waals surface area contributed by atoms with Crippen LogP contribution >= 0.6 is 0 Å². The van der Waals surface area contributed by atoms with Crippen LogP contribution in [0.2, 0.25) is 0 Å². The summed E-state index contributed by atoms with van der Waals surface area (Å²) < 4.78 is 19.0. The van der Waals surface area contributed by atoms with E-state index in [1.165, 1.54) is 6.07 Å². The highest BCUT2D eigenvalue weighted by molar-refractivity contribution is 5.48. The van der Waals surface area contributed by atoms with Gasteiger partial charge in [0.25, 0.3) is 0 Å². The molecule has 1 aromatic rings. The molecule has 0 bridgehead atoms. The fourth-order valence-corrected chi connectivity index (χ4v) is 1.70. The van der Waals surface area contributed by atoms with Crippen LogP contribution in [0.1, 0.15) is 5.56 Å². The van der Waals surface area contributed by atoms with Gasteiger partial charge in [-0.2, -0.15) is 5.26 Å². The SMILES string of the molecule is N#Cc1ccc(NCC2CNCCO2)c(F)c1. The van der Waals surface area contributed by atoms with E-state index in [1.54, 1.807) is 12.1 Å². The average molecular weight is 235 g/mol. The number of morpholine rings is 1. The van der Waals surface area contributed by atoms with Crippen molar-refractivity contribution in [1.82, 2.24) is 5.32 Å². The van der Waals surface area contributed by atoms with Crippen molar-refractivity contribution in [2.45, 2.75) is 6.10 Å². The minimum atomic E-state index is -0.409. The van der Waals surface area contributed by atoms with Gasteiger partial charge in [0.15, 0.2) is 0 Å². The highest BCUT2D eigenvalue weighted by Crippen LogP contribution is 2.15. The van der Waals surface area contributed by atoms with Crippen molar-refractivity contribution in [3.05, 3.63) is 29.6 Å². The number of nitrogens with zero attached hydrogens (tertiary/aromatic N) is 1. The molecule has 0 radical (unpaired) electrons. The van der Waals surface area contributed by atoms with E-state index in [9.17, 15) is 4.39 Å². The van der Waals surface area contributed by atoms with Crippen molar-refractivity contribution in [2.24, 2.45) is 0 Å². The lowest BCUT2D eigenvalue weighted by Crippen LogP contribution is -2.42. The van der Waals surface area contributed by atoms with E-state index in [0.717, 1.165) is 13.1 Å². The van der Waals surface area contributed by atoms with Gasteiger partial charge in [0.05, 0.1) is 30.0 Å². The summed E-state index contributed by atoms with van der Waals surface area (Å²) in [5.74, 6) is -0.409. The fraction of sp³-hybridized carbons (Fsp3) is 0.417. The lowest BCUT2D eigenvalue weighted by Gasteiger charge is -2.24. The molecule has 1 heterocycles. The molecule has 0 spiro atoms. The molecule has 1 aliphatic heterocycles. The maximum atomic E-state index is 13.5. The molecule has 17 heavy (non-hydrogen) atoms. The van der Waals surface area contributed by atoms with Crippen LogP contribution in [0.3, 0.4) is 0 Å². The summed E-state index contributed by atoms with van der Waals surface area (Å²) >= 11 is 0. The number of halogens is 1. The topological polar surface area (TPSA) is 57.1 Å². The molecule has 1 aromatic carbocycles. The molecule has 4 nitrogen and oxygen atoms in total. The van der Waals surface area contributed by atoms with Gasteiger partial charge in [0.1, 0.15) is 5.82 Å². The molecule has 1 atom stereocenters. The van der Waals surface area contributed by atoms with E-state index < -0.39 is 5.82 Å². The molecule has 2 N–H and O–H groups in total. The van der Waals surface area contributed by atoms with E-state index in [-0.39, 0.29) is 6.10 Å². The summed E-state index contributed by atoms with van der Waals surface area (Å²) in [7, 11) is 0. The zero-order valence-electron chi connectivity index (χ0n) is 9.37. The van der Waals surface area contributed by atoms with E-state index in [4.69, 9.17) is 10.00 Å². The lowest BCUT2D eigenvalue weighted by molar-refractivity contribution is 0.0372. The molecule has 5 heteroatoms. The number of benzene rings is 1. The van der Waals surface area contributed by atoms with Gasteiger partial charge in [-0.1, -0.05) is 0 Å². The second kappa shape index (κ2) is 5.62. The molecule has 0 aromatic heterocycles. The van der Waals surface area contributed by atoms with Crippen LogP contribution in [-0.4, -0.2) is 32.3 Å². The van der Waals surface area contributed by atoms with E-state index in [0.29, 0.717) is 24.4 Å². The molecule has 0 aliphatic carbocycles. The fourth-order valence-electron chi connectivity index (χ4n) is 1.70. The smallest absolute Gasteiger partial charge is 0.147 e. The van der Waals surface area contributed by atoms with Crippen LogP contribution in [0.15, 0.2) is 18.2 Å². The highest BCUT2D eigenvalue weighted by Gasteiger charge is 2.13. The maximum absolute atomic E-state index is 13.5. The van der Waals surface area contributed by atoms with Gasteiger partial charge in [0, 0.05) is 19.6 Å². The molecule has 0 amide bonds. The molecule has 1 saturated heterocycles. The third-order valence-electron chi connectivity index (χ3n) is 2.62. The van der Waals surface area contributed by atoms with Crippen LogP contribution in [0.5, 0.6) is 0 Å². The van der Waals surface area contributed by atoms with Gasteiger partial charge < -0.3 is 15.4 Å². The zero-order chi connectivity index (χ0) is 12.1. The third kappa shape index (κ3) is 3.16. The minimum absolute atomic E-state index is 0.0544. The van der Waals surface area contributed by atoms with Crippen molar-refractivity contribution in [2.75, 3.05) is 31.6 Å². The first-order chi connectivity index (χ1) is 8.29. The standard InChI is InChI=1S/C12H14FN3O/c13-11-5-9(6-14)1-2-12(11)16-8-10-7-15-3-4-17-10/h1-2,5,10,15-16H,3-4,7-8H2. The Kier molecular flexibility index (Phi) is 3.91. The van der Waals surface area contributed by atoms with Gasteiger partial charge in [-0.15, -0.1) is 0 Å². The Balaban J connectivity index is 1.92. The van der Waals surface area contributed by atoms with Crippen molar-refractivity contribution < 1.29 is 9.13 Å². The van der Waals surface area contributed by atoms with Crippen LogP contribution in [0.25, 0.3) is 0 Å². The van der Waals surface area contributed by atoms with E-state index >= 15 is 0 Å². The zero-order valence-corrected chi connectivity index (χ0v) is 9.37. The summed E-state index contributed by atoms with van der Waals surface area (Å²) in [5, 5.41) is 14.8. The van der Waals surface area contributed by atoms with Crippen LogP contribution < -0.4 is 10.6 Å². The summed E-state index contributed by atoms with van der Waals surface area (Å²) in [6.07, 6.45) is 0.0544. The van der Waals surface area contributed by atoms with Crippen LogP contribution in [0, 0.1) is 17.1 Å². The number of anilines is 1. The molecular weight excluding hydrogens is 221 g/mol. The Morgan fingerprint density at radius 1 is 1.59 bits per heavy atom. The summed E-state index contributed by atoms with van der Waals surface area (Å²) in [6, 6.07) is 6.28. The summed E-state index contributed by atoms with van der Waals surface area (Å²) in [6.45, 7) is 2.87. The molecule has 1 aliphatic rings. The summed E-state index contributed by atoms with van der Waals surface area (Å²) in [4.78, 5) is 0. The van der Waals surface area contributed by atoms with Gasteiger partial charge >= 0.3 is 0 Å². The number of ether oxygens (including phenoxy) is 1. The average Bonchev–Trinajstić information content (AvgIpc) is 2.38. The molecule has 0 saturated carbocycles. The number of hydrogen-bond donors (Lipinski definition) is 2. The minimum Gasteiger partial charge on any atom is -0.380 e. The molecule has 1 unspecified atom stereocenters. The van der Waals surface area contributed by atoms with Crippen molar-refractivity contribution >= 4 is 5.69 Å². The monoisotopic (exact) mass is 235 g/mol. The normalized spacial score (nSPS) is 19.6. The predicted octanol–water partition coefficient (Wildman–Crippen LogP) is 1.10. The Hall–Kier alpha value is -1.64. The molecule has 1 fully saturated rings. The van der Waals surface area contributed by atoms with Crippen molar-refractivity contribution in [3.8, 4) is 6.07 Å². The van der Waals surface area contributed by atoms with Crippen LogP contribution in [-0.2, 0) is 4.74 Å². The van der Waals surface area contributed by atoms with Crippen LogP contribution in [0.4, 0.5) is 10.1 Å². The second-order valence-corrected chi connectivity index (χ2v) is 3.88. The van der Waals surface area contributed by atoms with Gasteiger partial charge in [-0.3, -0.25) is 0 Å². The quantitative estimate of drug-likeness (QED) is 0.823. The molecule has 2 rings (SSSR count). The highest BCUT2D eigenvalue weighted by atomic mass is 19.1. The number of rotatable bonds is 3. The Bertz CT molecular complexity index is 424. The Morgan fingerprint density at radius 2 is 2.47 bits per heavy atom. The van der Waals surface area contributed by atoms with Gasteiger partial charge in [-0.25, -0.2) is 4.39 Å². The lowest BCUT2D eigenvalue weighted by atomic mass is 10.2. The largest absolute Gasteiger partial charge is 0.380 e. The Morgan fingerprint density at radius 3 is 3.12 bits per heavy atom. The summed E-state index contributed by atoms with van der Waals surface area (Å²) in [5.41, 5.74) is 0.724. The number of nitriles is 1. The Labute approximate surface area is 99.4 Å². The number of nitrogens with one attached hydrogen (secondary N) is 2. The first-order valence-electron chi connectivity index (χ1n) is 5.55. The predicted molar refractivity (Wildman–Crippen MR) is 62.2 cm³/mol. The van der Waals surface area contributed by atoms with Crippen molar-refractivity contribution in [1.29, 1.82) is 5.26 Å². The van der Waals surface area contributed by atoms with Gasteiger partial charge in [0.2, 0.25) is 0 Å². The second-order valence-electron chi connectivity index (χ2n) is 3.88. The van der Waals surface area contributed by atoms with E-state index in [2.05, 4.69) is 10.6 Å². The van der Waals surface area contributed by atoms with Crippen molar-refractivity contribution in [3.63, 3.8) is 0 Å².